The average molecular weight is 198 g/mol. The van der Waals surface area contributed by atoms with Gasteiger partial charge in [0.2, 0.25) is 0 Å². The summed E-state index contributed by atoms with van der Waals surface area (Å²) >= 11 is 0. The van der Waals surface area contributed by atoms with E-state index >= 15 is 0 Å². The van der Waals surface area contributed by atoms with Crippen LogP contribution in [0, 0.1) is 0 Å². The molecule has 0 amide bonds. The van der Waals surface area contributed by atoms with Gasteiger partial charge >= 0.3 is 0 Å². The first-order valence-corrected chi connectivity index (χ1v) is 5.45. The second kappa shape index (κ2) is 3.70. The van der Waals surface area contributed by atoms with Gasteiger partial charge in [0, 0.05) is 0 Å². The standard InChI is InChI=1S/C9H10O3S/c1-8(10)7-13(11,12)9-5-3-2-4-6-9/h2-6H,7H2,1H3. The molecule has 0 aliphatic rings. The maximum Gasteiger partial charge on any atom is 0.185 e. The molecule has 13 heavy (non-hydrogen) atoms. The van der Waals surface area contributed by atoms with Crippen LogP contribution in [0.1, 0.15) is 6.92 Å². The quantitative estimate of drug-likeness (QED) is 0.729. The molecular formula is C9H10O3S. The van der Waals surface area contributed by atoms with Crippen molar-refractivity contribution in [1.82, 2.24) is 0 Å². The average Bonchev–Trinajstić information content (AvgIpc) is 2.04. The van der Waals surface area contributed by atoms with Crippen molar-refractivity contribution >= 4 is 15.6 Å². The number of ketones is 1. The van der Waals surface area contributed by atoms with Gasteiger partial charge < -0.3 is 0 Å². The van der Waals surface area contributed by atoms with E-state index in [9.17, 15) is 13.2 Å². The predicted molar refractivity (Wildman–Crippen MR) is 49.2 cm³/mol. The molecule has 0 saturated heterocycles. The molecule has 1 rings (SSSR count). The van der Waals surface area contributed by atoms with E-state index < -0.39 is 15.6 Å². The first kappa shape index (κ1) is 9.92. The lowest BCUT2D eigenvalue weighted by atomic mass is 10.4. The number of hydrogen-bond acceptors (Lipinski definition) is 3. The van der Waals surface area contributed by atoms with Gasteiger partial charge in [0.05, 0.1) is 4.90 Å². The Labute approximate surface area is 77.3 Å². The van der Waals surface area contributed by atoms with Crippen LogP contribution in [-0.2, 0) is 14.6 Å². The topological polar surface area (TPSA) is 51.2 Å². The van der Waals surface area contributed by atoms with Crippen LogP contribution >= 0.6 is 0 Å². The zero-order chi connectivity index (χ0) is 9.90. The molecule has 1 aromatic carbocycles. The zero-order valence-corrected chi connectivity index (χ0v) is 8.04. The van der Waals surface area contributed by atoms with Gasteiger partial charge in [-0.15, -0.1) is 0 Å². The van der Waals surface area contributed by atoms with Crippen LogP contribution in [0.4, 0.5) is 0 Å². The summed E-state index contributed by atoms with van der Waals surface area (Å²) in [4.78, 5) is 10.9. The molecule has 0 unspecified atom stereocenters. The normalized spacial score (nSPS) is 11.2. The number of carbonyl (C=O) groups excluding carboxylic acids is 1. The van der Waals surface area contributed by atoms with Gasteiger partial charge in [-0.25, -0.2) is 8.42 Å². The first-order valence-electron chi connectivity index (χ1n) is 3.79. The van der Waals surface area contributed by atoms with Crippen molar-refractivity contribution in [3.63, 3.8) is 0 Å². The maximum atomic E-state index is 11.4. The second-order valence-corrected chi connectivity index (χ2v) is 4.76. The smallest absolute Gasteiger partial charge is 0.185 e. The highest BCUT2D eigenvalue weighted by atomic mass is 32.2. The van der Waals surface area contributed by atoms with Crippen LogP contribution in [0.15, 0.2) is 35.2 Å². The molecule has 0 spiro atoms. The molecule has 0 bridgehead atoms. The summed E-state index contributed by atoms with van der Waals surface area (Å²) in [6, 6.07) is 7.96. The first-order chi connectivity index (χ1) is 6.02. The molecule has 3 nitrogen and oxygen atoms in total. The highest BCUT2D eigenvalue weighted by molar-refractivity contribution is 7.92. The van der Waals surface area contributed by atoms with Crippen LogP contribution in [-0.4, -0.2) is 20.0 Å². The summed E-state index contributed by atoms with van der Waals surface area (Å²) in [6.45, 7) is 1.26. The molecule has 70 valence electrons. The number of sulfone groups is 1. The Hall–Kier alpha value is -1.16. The third-order valence-corrected chi connectivity index (χ3v) is 3.27. The third-order valence-electron chi connectivity index (χ3n) is 1.50. The molecular weight excluding hydrogens is 188 g/mol. The Balaban J connectivity index is 3.02. The Kier molecular flexibility index (Phi) is 2.83. The SMILES string of the molecule is CC(=O)CS(=O)(=O)c1ccccc1. The number of hydrogen-bond donors (Lipinski definition) is 0. The molecule has 1 aromatic rings. The molecule has 0 heterocycles. The van der Waals surface area contributed by atoms with E-state index in [-0.39, 0.29) is 10.7 Å². The lowest BCUT2D eigenvalue weighted by Gasteiger charge is -2.00. The fourth-order valence-corrected chi connectivity index (χ4v) is 2.25. The number of benzene rings is 1. The summed E-state index contributed by atoms with van der Waals surface area (Å²) in [5.74, 6) is -0.763. The molecule has 0 atom stereocenters. The van der Waals surface area contributed by atoms with Crippen molar-refractivity contribution in [1.29, 1.82) is 0 Å². The minimum atomic E-state index is -3.41. The molecule has 0 N–H and O–H groups in total. The zero-order valence-electron chi connectivity index (χ0n) is 7.23. The van der Waals surface area contributed by atoms with Gasteiger partial charge in [-0.3, -0.25) is 4.79 Å². The Morgan fingerprint density at radius 3 is 2.23 bits per heavy atom. The van der Waals surface area contributed by atoms with Crippen LogP contribution in [0.3, 0.4) is 0 Å². The van der Waals surface area contributed by atoms with Gasteiger partial charge in [0.15, 0.2) is 9.84 Å². The van der Waals surface area contributed by atoms with Crippen LogP contribution in [0.25, 0.3) is 0 Å². The monoisotopic (exact) mass is 198 g/mol. The van der Waals surface area contributed by atoms with Crippen LogP contribution in [0.2, 0.25) is 0 Å². The summed E-state index contributed by atoms with van der Waals surface area (Å²) < 4.78 is 22.8. The van der Waals surface area contributed by atoms with Crippen molar-refractivity contribution in [3.8, 4) is 0 Å². The molecule has 0 aliphatic heterocycles. The highest BCUT2D eigenvalue weighted by Crippen LogP contribution is 2.09. The summed E-state index contributed by atoms with van der Waals surface area (Å²) in [5, 5.41) is 0. The van der Waals surface area contributed by atoms with E-state index in [1.165, 1.54) is 19.1 Å². The number of Topliss-reactive ketones (excluding diaryl/α,β-unsaturated/α-hetero) is 1. The van der Waals surface area contributed by atoms with E-state index in [0.29, 0.717) is 0 Å². The van der Waals surface area contributed by atoms with Gasteiger partial charge in [0.25, 0.3) is 0 Å². The van der Waals surface area contributed by atoms with Crippen molar-refractivity contribution < 1.29 is 13.2 Å². The Morgan fingerprint density at radius 1 is 1.23 bits per heavy atom. The van der Waals surface area contributed by atoms with Gasteiger partial charge in [-0.1, -0.05) is 18.2 Å². The molecule has 0 aliphatic carbocycles. The molecule has 4 heteroatoms. The molecule has 0 fully saturated rings. The molecule has 0 aromatic heterocycles. The van der Waals surface area contributed by atoms with Crippen molar-refractivity contribution in [2.45, 2.75) is 11.8 Å². The largest absolute Gasteiger partial charge is 0.299 e. The lowest BCUT2D eigenvalue weighted by Crippen LogP contribution is -2.13. The van der Waals surface area contributed by atoms with Crippen LogP contribution in [0.5, 0.6) is 0 Å². The third kappa shape index (κ3) is 2.66. The number of rotatable bonds is 3. The summed E-state index contributed by atoms with van der Waals surface area (Å²) in [5.41, 5.74) is 0. The number of carbonyl (C=O) groups is 1. The Bertz CT molecular complexity index is 392. The van der Waals surface area contributed by atoms with Crippen molar-refractivity contribution in [2.75, 3.05) is 5.75 Å². The van der Waals surface area contributed by atoms with E-state index in [2.05, 4.69) is 0 Å². The van der Waals surface area contributed by atoms with Crippen molar-refractivity contribution in [3.05, 3.63) is 30.3 Å². The lowest BCUT2D eigenvalue weighted by molar-refractivity contribution is -0.114. The highest BCUT2D eigenvalue weighted by Gasteiger charge is 2.15. The summed E-state index contributed by atoms with van der Waals surface area (Å²) in [6.07, 6.45) is 0. The van der Waals surface area contributed by atoms with E-state index in [1.54, 1.807) is 18.2 Å². The predicted octanol–water partition coefficient (Wildman–Crippen LogP) is 1.05. The molecule has 0 radical (unpaired) electrons. The van der Waals surface area contributed by atoms with E-state index in [0.717, 1.165) is 0 Å². The van der Waals surface area contributed by atoms with E-state index in [4.69, 9.17) is 0 Å². The minimum absolute atomic E-state index is 0.199. The fourth-order valence-electron chi connectivity index (χ4n) is 0.979. The molecule has 0 saturated carbocycles. The fraction of sp³-hybridized carbons (Fsp3) is 0.222. The minimum Gasteiger partial charge on any atom is -0.299 e. The van der Waals surface area contributed by atoms with Gasteiger partial charge in [0.1, 0.15) is 11.5 Å². The second-order valence-electron chi connectivity index (χ2n) is 2.77. The maximum absolute atomic E-state index is 11.4. The van der Waals surface area contributed by atoms with E-state index in [1.807, 2.05) is 0 Å². The van der Waals surface area contributed by atoms with Crippen LogP contribution < -0.4 is 0 Å². The van der Waals surface area contributed by atoms with Gasteiger partial charge in [-0.05, 0) is 19.1 Å². The summed E-state index contributed by atoms with van der Waals surface area (Å²) in [7, 11) is -3.41. The van der Waals surface area contributed by atoms with Gasteiger partial charge in [-0.2, -0.15) is 0 Å². The Morgan fingerprint density at radius 2 is 1.77 bits per heavy atom. The van der Waals surface area contributed by atoms with Crippen molar-refractivity contribution in [2.24, 2.45) is 0 Å².